The lowest BCUT2D eigenvalue weighted by molar-refractivity contribution is -0.116. The van der Waals surface area contributed by atoms with Crippen LogP contribution in [-0.4, -0.2) is 5.78 Å². The monoisotopic (exact) mass is 539 g/mol. The fourth-order valence-corrected chi connectivity index (χ4v) is 6.65. The Morgan fingerprint density at radius 1 is 1.03 bits per heavy atom. The van der Waals surface area contributed by atoms with Crippen molar-refractivity contribution in [3.63, 3.8) is 0 Å². The molecule has 0 saturated carbocycles. The maximum absolute atomic E-state index is 13.6. The average molecular weight is 540 g/mol. The summed E-state index contributed by atoms with van der Waals surface area (Å²) in [5, 5.41) is 11.1. The molecule has 1 aliphatic heterocycles. The van der Waals surface area contributed by atoms with Gasteiger partial charge in [0.25, 0.3) is 0 Å². The highest BCUT2D eigenvalue weighted by atomic mass is 35.5. The normalized spacial score (nSPS) is 17.5. The van der Waals surface area contributed by atoms with Crippen molar-refractivity contribution < 1.29 is 4.79 Å². The minimum absolute atomic E-state index is 0.104. The number of anilines is 1. The summed E-state index contributed by atoms with van der Waals surface area (Å²) >= 11 is 7.80. The van der Waals surface area contributed by atoms with Gasteiger partial charge in [-0.25, -0.2) is 0 Å². The molecule has 38 heavy (non-hydrogen) atoms. The van der Waals surface area contributed by atoms with Crippen molar-refractivity contribution in [1.29, 1.82) is 5.26 Å². The molecular weight excluding hydrogens is 510 g/mol. The van der Waals surface area contributed by atoms with Crippen molar-refractivity contribution >= 4 is 34.8 Å². The number of carbonyl (C=O) groups excluding carboxylic acids is 1. The first-order valence-corrected chi connectivity index (χ1v) is 14.2. The maximum Gasteiger partial charge on any atom is 0.161 e. The highest BCUT2D eigenvalue weighted by Gasteiger charge is 2.41. The third-order valence-corrected chi connectivity index (χ3v) is 8.83. The number of para-hydroxylation sites is 1. The van der Waals surface area contributed by atoms with Crippen LogP contribution in [0.25, 0.3) is 0 Å². The second-order valence-corrected chi connectivity index (χ2v) is 11.5. The molecule has 1 atom stereocenters. The maximum atomic E-state index is 13.6. The topological polar surface area (TPSA) is 70.1 Å². The number of allylic oxidation sites excluding steroid dienone is 3. The Bertz CT molecular complexity index is 1530. The average Bonchev–Trinajstić information content (AvgIpc) is 2.89. The number of hydrogen-bond acceptors (Lipinski definition) is 5. The number of Topliss-reactive ketones (excluding diaryl/α,β-unsaturated/α-hetero) is 1. The van der Waals surface area contributed by atoms with Gasteiger partial charge in [0.2, 0.25) is 0 Å². The minimum atomic E-state index is -0.469. The second-order valence-electron chi connectivity index (χ2n) is 9.98. The third kappa shape index (κ3) is 4.75. The predicted molar refractivity (Wildman–Crippen MR) is 156 cm³/mol. The van der Waals surface area contributed by atoms with Gasteiger partial charge < -0.3 is 5.73 Å². The number of benzene rings is 3. The Hall–Kier alpha value is -3.46. The molecule has 1 aliphatic carbocycles. The van der Waals surface area contributed by atoms with Gasteiger partial charge in [0.1, 0.15) is 5.82 Å². The highest BCUT2D eigenvalue weighted by Crippen LogP contribution is 2.48. The number of halogens is 1. The van der Waals surface area contributed by atoms with Gasteiger partial charge in [-0.2, -0.15) is 5.26 Å². The van der Waals surface area contributed by atoms with Crippen molar-refractivity contribution in [2.24, 2.45) is 5.73 Å². The van der Waals surface area contributed by atoms with Gasteiger partial charge in [0, 0.05) is 33.4 Å². The van der Waals surface area contributed by atoms with E-state index in [2.05, 4.69) is 32.0 Å². The van der Waals surface area contributed by atoms with Gasteiger partial charge in [0.15, 0.2) is 5.78 Å². The first-order valence-electron chi connectivity index (χ1n) is 12.8. The standard InChI is InChI=1S/C32H30ClN3OS/c1-19-7-4-5-8-27(19)36-28-9-6-10-29(37)31(28)30(26(17-34)32(36)35)25-16-22(20(2)15-21(25)3)18-38-24-13-11-23(33)12-14-24/h4-5,7-8,11-16,30H,6,9-10,18,35H2,1-3H3. The molecule has 0 radical (unpaired) electrons. The number of nitrogens with two attached hydrogens (primary N) is 1. The number of ketones is 1. The molecular formula is C32H30ClN3OS. The summed E-state index contributed by atoms with van der Waals surface area (Å²) < 4.78 is 0. The van der Waals surface area contributed by atoms with Crippen LogP contribution in [0.1, 0.15) is 53.0 Å². The lowest BCUT2D eigenvalue weighted by Gasteiger charge is -2.40. The third-order valence-electron chi connectivity index (χ3n) is 7.51. The van der Waals surface area contributed by atoms with Gasteiger partial charge in [0.05, 0.1) is 23.2 Å². The van der Waals surface area contributed by atoms with Crippen LogP contribution in [-0.2, 0) is 10.5 Å². The quantitative estimate of drug-likeness (QED) is 0.334. The van der Waals surface area contributed by atoms with Crippen LogP contribution in [0.5, 0.6) is 0 Å². The zero-order valence-electron chi connectivity index (χ0n) is 21.8. The van der Waals surface area contributed by atoms with E-state index in [9.17, 15) is 10.1 Å². The SMILES string of the molecule is Cc1cc(C)c(C2C(C#N)=C(N)N(c3ccccc3C)C3=C2C(=O)CCC3)cc1CSc1ccc(Cl)cc1. The van der Waals surface area contributed by atoms with Gasteiger partial charge in [-0.15, -0.1) is 11.8 Å². The molecule has 4 nitrogen and oxygen atoms in total. The molecule has 0 bridgehead atoms. The van der Waals surface area contributed by atoms with Crippen LogP contribution in [0.4, 0.5) is 5.69 Å². The van der Waals surface area contributed by atoms with Crippen LogP contribution in [0.3, 0.4) is 0 Å². The summed E-state index contributed by atoms with van der Waals surface area (Å²) in [7, 11) is 0. The van der Waals surface area contributed by atoms with E-state index in [4.69, 9.17) is 17.3 Å². The first-order chi connectivity index (χ1) is 18.3. The Morgan fingerprint density at radius 3 is 2.47 bits per heavy atom. The van der Waals surface area contributed by atoms with E-state index >= 15 is 0 Å². The summed E-state index contributed by atoms with van der Waals surface area (Å²) in [4.78, 5) is 16.7. The van der Waals surface area contributed by atoms with Crippen molar-refractivity contribution in [3.05, 3.63) is 116 Å². The molecule has 0 amide bonds. The predicted octanol–water partition coefficient (Wildman–Crippen LogP) is 7.86. The van der Waals surface area contributed by atoms with Gasteiger partial charge in [-0.3, -0.25) is 9.69 Å². The van der Waals surface area contributed by atoms with Crippen LogP contribution in [0, 0.1) is 32.1 Å². The number of aryl methyl sites for hydroxylation is 3. The summed E-state index contributed by atoms with van der Waals surface area (Å²) in [5.74, 6) is 0.816. The van der Waals surface area contributed by atoms with Crippen LogP contribution < -0.4 is 10.6 Å². The fraction of sp³-hybridized carbons (Fsp3) is 0.250. The molecule has 5 rings (SSSR count). The number of thioether (sulfide) groups is 1. The number of hydrogen-bond donors (Lipinski definition) is 1. The smallest absolute Gasteiger partial charge is 0.161 e. The molecule has 3 aromatic rings. The Kier molecular flexibility index (Phi) is 7.38. The van der Waals surface area contributed by atoms with Crippen LogP contribution in [0.15, 0.2) is 88.2 Å². The lowest BCUT2D eigenvalue weighted by Crippen LogP contribution is -2.39. The van der Waals surface area contributed by atoms with Crippen molar-refractivity contribution in [2.75, 3.05) is 4.90 Å². The van der Waals surface area contributed by atoms with E-state index in [0.29, 0.717) is 23.4 Å². The van der Waals surface area contributed by atoms with E-state index in [1.54, 1.807) is 11.8 Å². The number of carbonyl (C=O) groups is 1. The van der Waals surface area contributed by atoms with E-state index < -0.39 is 5.92 Å². The van der Waals surface area contributed by atoms with E-state index in [1.807, 2.05) is 60.4 Å². The summed E-state index contributed by atoms with van der Waals surface area (Å²) in [5.41, 5.74) is 15.2. The molecule has 0 aromatic heterocycles. The molecule has 0 fully saturated rings. The van der Waals surface area contributed by atoms with Gasteiger partial charge in [-0.05, 0) is 91.8 Å². The first kappa shape index (κ1) is 26.2. The summed E-state index contributed by atoms with van der Waals surface area (Å²) in [6, 6.07) is 22.6. The van der Waals surface area contributed by atoms with Crippen molar-refractivity contribution in [1.82, 2.24) is 0 Å². The minimum Gasteiger partial charge on any atom is -0.384 e. The highest BCUT2D eigenvalue weighted by molar-refractivity contribution is 7.98. The Morgan fingerprint density at radius 2 is 1.76 bits per heavy atom. The molecule has 2 N–H and O–H groups in total. The molecule has 2 aliphatic rings. The fourth-order valence-electron chi connectivity index (χ4n) is 5.56. The molecule has 1 unspecified atom stereocenters. The molecule has 6 heteroatoms. The zero-order chi connectivity index (χ0) is 27.0. The molecule has 1 heterocycles. The zero-order valence-corrected chi connectivity index (χ0v) is 23.4. The Balaban J connectivity index is 1.63. The summed E-state index contributed by atoms with van der Waals surface area (Å²) in [6.45, 7) is 6.20. The lowest BCUT2D eigenvalue weighted by atomic mass is 9.74. The van der Waals surface area contributed by atoms with Crippen molar-refractivity contribution in [2.45, 2.75) is 56.6 Å². The second kappa shape index (κ2) is 10.7. The number of nitriles is 1. The van der Waals surface area contributed by atoms with Crippen LogP contribution in [0.2, 0.25) is 5.02 Å². The molecule has 0 saturated heterocycles. The number of rotatable bonds is 5. The van der Waals surface area contributed by atoms with Gasteiger partial charge >= 0.3 is 0 Å². The van der Waals surface area contributed by atoms with Gasteiger partial charge in [-0.1, -0.05) is 41.9 Å². The molecule has 3 aromatic carbocycles. The van der Waals surface area contributed by atoms with E-state index in [1.165, 1.54) is 11.1 Å². The molecule has 0 spiro atoms. The molecule has 192 valence electrons. The van der Waals surface area contributed by atoms with Crippen LogP contribution >= 0.6 is 23.4 Å². The van der Waals surface area contributed by atoms with Crippen molar-refractivity contribution in [3.8, 4) is 6.07 Å². The summed E-state index contributed by atoms with van der Waals surface area (Å²) in [6.07, 6.45) is 2.01. The van der Waals surface area contributed by atoms with E-state index in [0.717, 1.165) is 56.6 Å². The van der Waals surface area contributed by atoms with E-state index in [-0.39, 0.29) is 5.78 Å². The Labute approximate surface area is 233 Å². The largest absolute Gasteiger partial charge is 0.384 e. The number of nitrogens with zero attached hydrogens (tertiary/aromatic N) is 2.